The van der Waals surface area contributed by atoms with Gasteiger partial charge in [0.05, 0.1) is 10.4 Å². The summed E-state index contributed by atoms with van der Waals surface area (Å²) < 4.78 is 34.0. The van der Waals surface area contributed by atoms with Crippen LogP contribution in [0.2, 0.25) is 0 Å². The first kappa shape index (κ1) is 18.5. The molecule has 1 aliphatic rings. The van der Waals surface area contributed by atoms with Crippen molar-refractivity contribution < 1.29 is 12.8 Å². The zero-order valence-electron chi connectivity index (χ0n) is 15.7. The highest BCUT2D eigenvalue weighted by Crippen LogP contribution is 2.22. The second-order valence-electron chi connectivity index (χ2n) is 6.76. The maximum Gasteiger partial charge on any atom is 0.417 e. The lowest BCUT2D eigenvalue weighted by atomic mass is 10.3. The summed E-state index contributed by atoms with van der Waals surface area (Å²) in [6.45, 7) is 1.59. The topological polar surface area (TPSA) is 130 Å². The Labute approximate surface area is 170 Å². The number of aromatic amines is 1. The third kappa shape index (κ3) is 3.25. The van der Waals surface area contributed by atoms with E-state index in [9.17, 15) is 13.2 Å². The largest absolute Gasteiger partial charge is 0.417 e. The number of piperazine rings is 1. The molecule has 1 aromatic carbocycles. The summed E-state index contributed by atoms with van der Waals surface area (Å²) >= 11 is 0. The average Bonchev–Trinajstić information content (AvgIpc) is 3.42. The lowest BCUT2D eigenvalue weighted by Gasteiger charge is -2.34. The van der Waals surface area contributed by atoms with Gasteiger partial charge < -0.3 is 9.32 Å². The third-order valence-electron chi connectivity index (χ3n) is 4.97. The van der Waals surface area contributed by atoms with E-state index < -0.39 is 15.8 Å². The molecule has 0 unspecified atom stereocenters. The van der Waals surface area contributed by atoms with Crippen LogP contribution < -0.4 is 10.7 Å². The number of rotatable bonds is 4. The molecule has 11 nitrogen and oxygen atoms in total. The number of nitrogens with one attached hydrogen (secondary N) is 1. The summed E-state index contributed by atoms with van der Waals surface area (Å²) in [5.74, 6) is 0.672. The van der Waals surface area contributed by atoms with Gasteiger partial charge in [0.1, 0.15) is 0 Å². The predicted octanol–water partition coefficient (Wildman–Crippen LogP) is 0.608. The van der Waals surface area contributed by atoms with E-state index in [1.165, 1.54) is 22.5 Å². The number of nitrogens with zero attached hydrogens (tertiary/aromatic N) is 6. The van der Waals surface area contributed by atoms with Crippen molar-refractivity contribution in [3.8, 4) is 5.82 Å². The van der Waals surface area contributed by atoms with E-state index in [4.69, 9.17) is 4.42 Å². The van der Waals surface area contributed by atoms with Gasteiger partial charge in [0.15, 0.2) is 17.2 Å². The van der Waals surface area contributed by atoms with E-state index in [-0.39, 0.29) is 4.90 Å². The quantitative estimate of drug-likeness (QED) is 0.501. The van der Waals surface area contributed by atoms with Crippen LogP contribution >= 0.6 is 0 Å². The van der Waals surface area contributed by atoms with Crippen LogP contribution in [0.15, 0.2) is 62.9 Å². The normalized spacial score (nSPS) is 15.7. The zero-order valence-corrected chi connectivity index (χ0v) is 16.5. The lowest BCUT2D eigenvalue weighted by Crippen LogP contribution is -2.49. The summed E-state index contributed by atoms with van der Waals surface area (Å²) in [7, 11) is -3.69. The second kappa shape index (κ2) is 7.07. The van der Waals surface area contributed by atoms with Gasteiger partial charge in [-0.2, -0.15) is 9.40 Å². The standard InChI is InChI=1S/C18H17N7O4S/c26-18-20-14-12-13(2-3-15(14)29-18)30(27,28)24-10-8-23(9-11-24)16-4-5-17(22-21-16)25-7-1-6-19-25/h1-7,12H,8-11H2,(H,20,26). The van der Waals surface area contributed by atoms with E-state index >= 15 is 0 Å². The Kier molecular flexibility index (Phi) is 4.37. The zero-order chi connectivity index (χ0) is 20.7. The van der Waals surface area contributed by atoms with E-state index in [1.54, 1.807) is 23.1 Å². The number of benzene rings is 1. The third-order valence-corrected chi connectivity index (χ3v) is 6.86. The van der Waals surface area contributed by atoms with E-state index in [0.717, 1.165) is 0 Å². The first-order valence-electron chi connectivity index (χ1n) is 9.22. The molecule has 1 saturated heterocycles. The highest BCUT2D eigenvalue weighted by molar-refractivity contribution is 7.89. The maximum atomic E-state index is 13.0. The van der Waals surface area contributed by atoms with Crippen LogP contribution in [-0.4, -0.2) is 63.9 Å². The molecular weight excluding hydrogens is 410 g/mol. The number of hydrogen-bond acceptors (Lipinski definition) is 8. The highest BCUT2D eigenvalue weighted by atomic mass is 32.2. The number of aromatic nitrogens is 5. The molecule has 154 valence electrons. The molecule has 0 amide bonds. The van der Waals surface area contributed by atoms with E-state index in [2.05, 4.69) is 20.3 Å². The predicted molar refractivity (Wildman–Crippen MR) is 107 cm³/mol. The molecule has 4 aromatic rings. The van der Waals surface area contributed by atoms with Crippen molar-refractivity contribution in [3.05, 3.63) is 59.3 Å². The summed E-state index contributed by atoms with van der Waals surface area (Å²) in [4.78, 5) is 15.9. The molecule has 0 aliphatic carbocycles. The summed E-state index contributed by atoms with van der Waals surface area (Å²) in [5, 5.41) is 12.5. The van der Waals surface area contributed by atoms with Gasteiger partial charge in [-0.25, -0.2) is 17.9 Å². The molecule has 0 spiro atoms. The van der Waals surface area contributed by atoms with Gasteiger partial charge in [0.2, 0.25) is 10.0 Å². The Balaban J connectivity index is 1.30. The molecule has 0 radical (unpaired) electrons. The fraction of sp³-hybridized carbons (Fsp3) is 0.222. The molecular formula is C18H17N7O4S. The molecule has 0 bridgehead atoms. The molecule has 30 heavy (non-hydrogen) atoms. The Morgan fingerprint density at radius 2 is 1.77 bits per heavy atom. The number of anilines is 1. The van der Waals surface area contributed by atoms with Crippen molar-refractivity contribution in [3.63, 3.8) is 0 Å². The van der Waals surface area contributed by atoms with Gasteiger partial charge in [-0.15, -0.1) is 10.2 Å². The highest BCUT2D eigenvalue weighted by Gasteiger charge is 2.29. The Morgan fingerprint density at radius 1 is 1.00 bits per heavy atom. The second-order valence-corrected chi connectivity index (χ2v) is 8.70. The van der Waals surface area contributed by atoms with Crippen molar-refractivity contribution in [1.82, 2.24) is 29.3 Å². The summed E-state index contributed by atoms with van der Waals surface area (Å²) in [6, 6.07) is 9.81. The number of oxazole rings is 1. The number of sulfonamides is 1. The SMILES string of the molecule is O=c1[nH]c2cc(S(=O)(=O)N3CCN(c4ccc(-n5cccn5)nn4)CC3)ccc2o1. The molecule has 4 heterocycles. The van der Waals surface area contributed by atoms with Gasteiger partial charge in [-0.1, -0.05) is 0 Å². The van der Waals surface area contributed by atoms with Crippen LogP contribution in [0.1, 0.15) is 0 Å². The van der Waals surface area contributed by atoms with Crippen LogP contribution in [0.3, 0.4) is 0 Å². The lowest BCUT2D eigenvalue weighted by molar-refractivity contribution is 0.383. The van der Waals surface area contributed by atoms with Crippen molar-refractivity contribution in [2.45, 2.75) is 4.90 Å². The Morgan fingerprint density at radius 3 is 2.47 bits per heavy atom. The Bertz CT molecular complexity index is 1340. The molecule has 12 heteroatoms. The number of fused-ring (bicyclic) bond motifs is 1. The van der Waals surface area contributed by atoms with E-state index in [1.807, 2.05) is 17.0 Å². The fourth-order valence-corrected chi connectivity index (χ4v) is 4.86. The van der Waals surface area contributed by atoms with Crippen molar-refractivity contribution in [2.75, 3.05) is 31.1 Å². The van der Waals surface area contributed by atoms with Crippen LogP contribution in [0.5, 0.6) is 0 Å². The average molecular weight is 427 g/mol. The Hall–Kier alpha value is -3.51. The number of H-pyrrole nitrogens is 1. The maximum absolute atomic E-state index is 13.0. The van der Waals surface area contributed by atoms with E-state index in [0.29, 0.717) is 48.9 Å². The summed E-state index contributed by atoms with van der Waals surface area (Å²) in [6.07, 6.45) is 3.45. The fourth-order valence-electron chi connectivity index (χ4n) is 3.41. The molecule has 1 N–H and O–H groups in total. The van der Waals surface area contributed by atoms with Gasteiger partial charge in [0.25, 0.3) is 0 Å². The first-order valence-corrected chi connectivity index (χ1v) is 10.7. The van der Waals surface area contributed by atoms with Gasteiger partial charge >= 0.3 is 5.76 Å². The molecule has 0 saturated carbocycles. The smallest absolute Gasteiger partial charge is 0.408 e. The monoisotopic (exact) mass is 427 g/mol. The minimum atomic E-state index is -3.69. The minimum Gasteiger partial charge on any atom is -0.408 e. The van der Waals surface area contributed by atoms with Crippen LogP contribution in [0.25, 0.3) is 16.9 Å². The van der Waals surface area contributed by atoms with Crippen molar-refractivity contribution >= 4 is 26.9 Å². The van der Waals surface area contributed by atoms with Gasteiger partial charge in [-0.3, -0.25) is 4.98 Å². The van der Waals surface area contributed by atoms with Crippen molar-refractivity contribution in [1.29, 1.82) is 0 Å². The van der Waals surface area contributed by atoms with Crippen LogP contribution in [-0.2, 0) is 10.0 Å². The van der Waals surface area contributed by atoms with Crippen molar-refractivity contribution in [2.24, 2.45) is 0 Å². The number of hydrogen-bond donors (Lipinski definition) is 1. The first-order chi connectivity index (χ1) is 14.5. The molecule has 5 rings (SSSR count). The molecule has 1 aliphatic heterocycles. The van der Waals surface area contributed by atoms with Crippen LogP contribution in [0.4, 0.5) is 5.82 Å². The van der Waals surface area contributed by atoms with Gasteiger partial charge in [0, 0.05) is 38.6 Å². The molecule has 1 fully saturated rings. The van der Waals surface area contributed by atoms with Gasteiger partial charge in [-0.05, 0) is 36.4 Å². The molecule has 3 aromatic heterocycles. The minimum absolute atomic E-state index is 0.115. The summed E-state index contributed by atoms with van der Waals surface area (Å²) in [5.41, 5.74) is 0.674. The van der Waals surface area contributed by atoms with Crippen LogP contribution in [0, 0.1) is 0 Å². The molecule has 0 atom stereocenters.